The van der Waals surface area contributed by atoms with Crippen LogP contribution in [-0.2, 0) is 26.2 Å². The number of anilines is 1. The molecule has 1 fully saturated rings. The van der Waals surface area contributed by atoms with Crippen LogP contribution in [0.5, 0.6) is 0 Å². The lowest BCUT2D eigenvalue weighted by atomic mass is 10.1. The summed E-state index contributed by atoms with van der Waals surface area (Å²) in [6.45, 7) is 4.89. The van der Waals surface area contributed by atoms with Crippen molar-refractivity contribution >= 4 is 33.2 Å². The number of benzene rings is 2. The summed E-state index contributed by atoms with van der Waals surface area (Å²) in [5.74, 6) is -0.840. The van der Waals surface area contributed by atoms with Gasteiger partial charge >= 0.3 is 0 Å². The average Bonchev–Trinajstić information content (AvgIpc) is 3.36. The van der Waals surface area contributed by atoms with Crippen molar-refractivity contribution in [2.75, 3.05) is 17.1 Å². The molecule has 1 aliphatic carbocycles. The normalized spacial score (nSPS) is 14.6. The largest absolute Gasteiger partial charge is 0.352 e. The minimum atomic E-state index is -4.00. The fraction of sp³-hybridized carbons (Fsp3) is 0.481. The number of rotatable bonds is 11. The average molecular weight is 545 g/mol. The van der Waals surface area contributed by atoms with Crippen LogP contribution in [0.3, 0.4) is 0 Å². The molecule has 0 radical (unpaired) electrons. The maximum Gasteiger partial charge on any atom is 0.271 e. The maximum absolute atomic E-state index is 13.8. The summed E-state index contributed by atoms with van der Waals surface area (Å²) in [4.78, 5) is 39.3. The second-order valence-corrected chi connectivity index (χ2v) is 11.8. The van der Waals surface area contributed by atoms with Gasteiger partial charge in [0.05, 0.1) is 16.9 Å². The number of hydrogen-bond acceptors (Lipinski definition) is 6. The van der Waals surface area contributed by atoms with E-state index in [0.717, 1.165) is 53.4 Å². The van der Waals surface area contributed by atoms with Crippen LogP contribution in [0.4, 0.5) is 11.4 Å². The van der Waals surface area contributed by atoms with Crippen molar-refractivity contribution in [3.8, 4) is 0 Å². The van der Waals surface area contributed by atoms with Crippen molar-refractivity contribution in [2.45, 2.75) is 71.5 Å². The van der Waals surface area contributed by atoms with Gasteiger partial charge in [0.25, 0.3) is 5.69 Å². The number of nitro benzene ring substituents is 1. The number of nitrogens with one attached hydrogen (secondary N) is 1. The second kappa shape index (κ2) is 12.4. The molecule has 206 valence electrons. The van der Waals surface area contributed by atoms with Gasteiger partial charge in [-0.3, -0.25) is 24.0 Å². The van der Waals surface area contributed by atoms with Gasteiger partial charge in [0.15, 0.2) is 0 Å². The predicted molar refractivity (Wildman–Crippen MR) is 146 cm³/mol. The van der Waals surface area contributed by atoms with Gasteiger partial charge in [0.2, 0.25) is 21.8 Å². The van der Waals surface area contributed by atoms with E-state index >= 15 is 0 Å². The number of non-ortho nitro benzene ring substituents is 1. The number of sulfonamides is 1. The molecule has 0 unspecified atom stereocenters. The van der Waals surface area contributed by atoms with E-state index in [1.807, 2.05) is 38.1 Å². The molecule has 2 amide bonds. The SMILES string of the molecule is CC[C@H](C(=O)NC1CCCC1)N(Cc1ccc(C)cc1)C(=O)CN(c1cc([N+](=O)[O-])ccc1C)S(C)(=O)=O. The molecule has 3 rings (SSSR count). The van der Waals surface area contributed by atoms with Crippen LogP contribution < -0.4 is 9.62 Å². The molecular weight excluding hydrogens is 508 g/mol. The number of hydrogen-bond donors (Lipinski definition) is 1. The predicted octanol–water partition coefficient (Wildman–Crippen LogP) is 3.84. The maximum atomic E-state index is 13.8. The quantitative estimate of drug-likeness (QED) is 0.338. The molecule has 0 aromatic heterocycles. The van der Waals surface area contributed by atoms with Gasteiger partial charge in [-0.25, -0.2) is 8.42 Å². The van der Waals surface area contributed by atoms with E-state index in [-0.39, 0.29) is 29.9 Å². The van der Waals surface area contributed by atoms with Crippen LogP contribution in [0.15, 0.2) is 42.5 Å². The molecule has 38 heavy (non-hydrogen) atoms. The molecule has 1 N–H and O–H groups in total. The van der Waals surface area contributed by atoms with E-state index in [9.17, 15) is 28.1 Å². The zero-order valence-corrected chi connectivity index (χ0v) is 23.2. The molecule has 1 aliphatic rings. The lowest BCUT2D eigenvalue weighted by molar-refractivity contribution is -0.384. The van der Waals surface area contributed by atoms with Crippen molar-refractivity contribution in [2.24, 2.45) is 0 Å². The van der Waals surface area contributed by atoms with Crippen LogP contribution in [0, 0.1) is 24.0 Å². The molecule has 10 nitrogen and oxygen atoms in total. The van der Waals surface area contributed by atoms with Gasteiger partial charge in [-0.15, -0.1) is 0 Å². The second-order valence-electron chi connectivity index (χ2n) is 9.92. The Morgan fingerprint density at radius 1 is 1.11 bits per heavy atom. The Morgan fingerprint density at radius 3 is 2.29 bits per heavy atom. The molecule has 2 aromatic carbocycles. The lowest BCUT2D eigenvalue weighted by Crippen LogP contribution is -2.53. The van der Waals surface area contributed by atoms with Crippen LogP contribution in [-0.4, -0.2) is 54.9 Å². The third-order valence-electron chi connectivity index (χ3n) is 6.91. The molecular formula is C27H36N4O6S. The number of carbonyl (C=O) groups excluding carboxylic acids is 2. The highest BCUT2D eigenvalue weighted by atomic mass is 32.2. The van der Waals surface area contributed by atoms with E-state index in [0.29, 0.717) is 12.0 Å². The standard InChI is InChI=1S/C27H36N4O6S/c1-5-24(27(33)28-22-8-6-7-9-22)29(17-21-13-10-19(2)11-14-21)26(32)18-30(38(4,36)37)25-16-23(31(34)35)15-12-20(25)3/h10-16,22,24H,5-9,17-18H2,1-4H3,(H,28,33)/t24-/m1/s1. The molecule has 1 saturated carbocycles. The molecule has 2 aromatic rings. The first-order valence-electron chi connectivity index (χ1n) is 12.8. The summed E-state index contributed by atoms with van der Waals surface area (Å²) < 4.78 is 26.5. The molecule has 0 spiro atoms. The van der Waals surface area contributed by atoms with E-state index in [4.69, 9.17) is 0 Å². The molecule has 0 heterocycles. The highest BCUT2D eigenvalue weighted by molar-refractivity contribution is 7.92. The highest BCUT2D eigenvalue weighted by Crippen LogP contribution is 2.28. The third kappa shape index (κ3) is 7.31. The monoisotopic (exact) mass is 544 g/mol. The van der Waals surface area contributed by atoms with E-state index in [1.54, 1.807) is 6.92 Å². The zero-order chi connectivity index (χ0) is 28.0. The van der Waals surface area contributed by atoms with Crippen molar-refractivity contribution in [3.05, 3.63) is 69.3 Å². The van der Waals surface area contributed by atoms with E-state index < -0.39 is 33.4 Å². The fourth-order valence-electron chi connectivity index (χ4n) is 4.75. The number of nitrogens with zero attached hydrogens (tertiary/aromatic N) is 3. The summed E-state index contributed by atoms with van der Waals surface area (Å²) in [6, 6.07) is 10.7. The van der Waals surface area contributed by atoms with Crippen LogP contribution >= 0.6 is 0 Å². The van der Waals surface area contributed by atoms with Crippen LogP contribution in [0.25, 0.3) is 0 Å². The number of carbonyl (C=O) groups is 2. The van der Waals surface area contributed by atoms with Crippen molar-refractivity contribution in [3.63, 3.8) is 0 Å². The minimum Gasteiger partial charge on any atom is -0.352 e. The van der Waals surface area contributed by atoms with Crippen LogP contribution in [0.1, 0.15) is 55.7 Å². The fourth-order valence-corrected chi connectivity index (χ4v) is 5.65. The van der Waals surface area contributed by atoms with Gasteiger partial charge in [0, 0.05) is 24.7 Å². The number of nitro groups is 1. The Hall–Kier alpha value is -3.47. The smallest absolute Gasteiger partial charge is 0.271 e. The number of amides is 2. The molecule has 0 bridgehead atoms. The van der Waals surface area contributed by atoms with Crippen molar-refractivity contribution in [1.29, 1.82) is 0 Å². The Bertz CT molecular complexity index is 1270. The molecule has 11 heteroatoms. The van der Waals surface area contributed by atoms with Gasteiger partial charge in [0.1, 0.15) is 12.6 Å². The zero-order valence-electron chi connectivity index (χ0n) is 22.3. The van der Waals surface area contributed by atoms with Crippen molar-refractivity contribution in [1.82, 2.24) is 10.2 Å². The molecule has 0 aliphatic heterocycles. The highest BCUT2D eigenvalue weighted by Gasteiger charge is 2.33. The first-order chi connectivity index (χ1) is 17.9. The molecule has 0 saturated heterocycles. The third-order valence-corrected chi connectivity index (χ3v) is 8.04. The Labute approximate surface area is 224 Å². The van der Waals surface area contributed by atoms with Gasteiger partial charge in [-0.2, -0.15) is 0 Å². The van der Waals surface area contributed by atoms with E-state index in [2.05, 4.69) is 5.32 Å². The van der Waals surface area contributed by atoms with Crippen LogP contribution in [0.2, 0.25) is 0 Å². The van der Waals surface area contributed by atoms with Crippen molar-refractivity contribution < 1.29 is 22.9 Å². The topological polar surface area (TPSA) is 130 Å². The Balaban J connectivity index is 1.97. The minimum absolute atomic E-state index is 0.0498. The Morgan fingerprint density at radius 2 is 1.74 bits per heavy atom. The summed E-state index contributed by atoms with van der Waals surface area (Å²) in [5.41, 5.74) is 2.07. The first kappa shape index (κ1) is 29.1. The lowest BCUT2D eigenvalue weighted by Gasteiger charge is -2.33. The summed E-state index contributed by atoms with van der Waals surface area (Å²) >= 11 is 0. The Kier molecular flexibility index (Phi) is 9.48. The first-order valence-corrected chi connectivity index (χ1v) is 14.6. The van der Waals surface area contributed by atoms with Gasteiger partial charge in [-0.1, -0.05) is 55.7 Å². The number of aryl methyl sites for hydroxylation is 2. The summed E-state index contributed by atoms with van der Waals surface area (Å²) in [7, 11) is -4.00. The van der Waals surface area contributed by atoms with Gasteiger partial charge in [-0.05, 0) is 44.2 Å². The summed E-state index contributed by atoms with van der Waals surface area (Å²) in [5, 5.41) is 14.4. The molecule has 1 atom stereocenters. The van der Waals surface area contributed by atoms with E-state index in [1.165, 1.54) is 17.0 Å². The van der Waals surface area contributed by atoms with Gasteiger partial charge < -0.3 is 10.2 Å². The summed E-state index contributed by atoms with van der Waals surface area (Å²) in [6.07, 6.45) is 5.15.